The molecule has 3 aromatic rings. The monoisotopic (exact) mass is 402 g/mol. The van der Waals surface area contributed by atoms with Gasteiger partial charge in [-0.25, -0.2) is 4.98 Å². The molecule has 1 aliphatic rings. The lowest BCUT2D eigenvalue weighted by atomic mass is 10.2. The third kappa shape index (κ3) is 3.75. The van der Waals surface area contributed by atoms with E-state index in [0.29, 0.717) is 33.8 Å². The van der Waals surface area contributed by atoms with E-state index in [1.54, 1.807) is 16.7 Å². The van der Waals surface area contributed by atoms with Gasteiger partial charge in [-0.05, 0) is 13.1 Å². The Labute approximate surface area is 160 Å². The summed E-state index contributed by atoms with van der Waals surface area (Å²) in [7, 11) is 2.06. The number of halogens is 3. The van der Waals surface area contributed by atoms with Crippen molar-refractivity contribution >= 4 is 41.3 Å². The van der Waals surface area contributed by atoms with Crippen molar-refractivity contribution in [3.63, 3.8) is 0 Å². The number of piperazine rings is 1. The van der Waals surface area contributed by atoms with E-state index >= 15 is 0 Å². The molecule has 0 spiro atoms. The molecule has 0 radical (unpaired) electrons. The second-order valence-electron chi connectivity index (χ2n) is 5.89. The molecule has 1 atom stereocenters. The van der Waals surface area contributed by atoms with E-state index in [2.05, 4.69) is 32.4 Å². The minimum Gasteiger partial charge on any atom is -0.339 e. The number of aromatic nitrogens is 4. The first-order chi connectivity index (χ1) is 11.6. The number of fused-ring (bicyclic) bond motifs is 1. The largest absolute Gasteiger partial charge is 0.339 e. The van der Waals surface area contributed by atoms with E-state index in [4.69, 9.17) is 27.7 Å². The van der Waals surface area contributed by atoms with Crippen LogP contribution < -0.4 is 5.32 Å². The highest BCUT2D eigenvalue weighted by Gasteiger charge is 2.25. The topological polar surface area (TPSA) is 71.5 Å². The number of nitrogens with zero attached hydrogens (tertiary/aromatic N) is 5. The predicted octanol–water partition coefficient (Wildman–Crippen LogP) is 2.61. The van der Waals surface area contributed by atoms with Crippen LogP contribution >= 0.6 is 35.6 Å². The fourth-order valence-electron chi connectivity index (χ4n) is 2.88. The molecular weight excluding hydrogens is 387 g/mol. The first-order valence-corrected chi connectivity index (χ1v) is 8.42. The van der Waals surface area contributed by atoms with Crippen molar-refractivity contribution in [3.05, 3.63) is 45.9 Å². The Balaban J connectivity index is 0.00000182. The van der Waals surface area contributed by atoms with Gasteiger partial charge in [-0.1, -0.05) is 28.4 Å². The van der Waals surface area contributed by atoms with E-state index in [1.165, 1.54) is 0 Å². The van der Waals surface area contributed by atoms with Gasteiger partial charge in [-0.2, -0.15) is 4.98 Å². The van der Waals surface area contributed by atoms with Crippen LogP contribution in [-0.4, -0.2) is 51.1 Å². The second kappa shape index (κ2) is 7.47. The van der Waals surface area contributed by atoms with Gasteiger partial charge in [0.2, 0.25) is 5.89 Å². The summed E-state index contributed by atoms with van der Waals surface area (Å²) in [6.07, 6.45) is 4.08. The Bertz CT molecular complexity index is 879. The smallest absolute Gasteiger partial charge is 0.232 e. The molecule has 0 amide bonds. The average molecular weight is 404 g/mol. The summed E-state index contributed by atoms with van der Waals surface area (Å²) < 4.78 is 7.20. The van der Waals surface area contributed by atoms with Gasteiger partial charge in [0.1, 0.15) is 0 Å². The molecule has 25 heavy (non-hydrogen) atoms. The molecule has 10 heteroatoms. The first-order valence-electron chi connectivity index (χ1n) is 7.66. The number of nitrogens with one attached hydrogen (secondary N) is 1. The number of likely N-dealkylation sites (N-methyl/N-ethyl adjacent to an activating group) is 1. The lowest BCUT2D eigenvalue weighted by molar-refractivity contribution is 0.190. The maximum Gasteiger partial charge on any atom is 0.232 e. The third-order valence-corrected chi connectivity index (χ3v) is 4.63. The van der Waals surface area contributed by atoms with Crippen LogP contribution in [0.5, 0.6) is 0 Å². The van der Waals surface area contributed by atoms with Gasteiger partial charge in [-0.15, -0.1) is 12.4 Å². The van der Waals surface area contributed by atoms with Crippen molar-refractivity contribution < 1.29 is 4.52 Å². The van der Waals surface area contributed by atoms with Gasteiger partial charge in [0.15, 0.2) is 11.5 Å². The van der Waals surface area contributed by atoms with Gasteiger partial charge in [0, 0.05) is 32.0 Å². The standard InChI is InChI=1S/C15H16Cl2N6O.ClH/c1-22-3-2-18-6-12(22)14-20-13(24-21-14)5-10-8-23-7-9(16)4-11(17)15(23)19-10;/h4,7-8,12,18H,2-3,5-6H2,1H3;1H. The fraction of sp³-hybridized carbons (Fsp3) is 0.400. The molecule has 7 nitrogen and oxygen atoms in total. The SMILES string of the molecule is CN1CCNCC1c1noc(Cc2cn3cc(Cl)cc(Cl)c3n2)n1.Cl. The Hall–Kier alpha value is -1.38. The van der Waals surface area contributed by atoms with Crippen LogP contribution in [-0.2, 0) is 6.42 Å². The quantitative estimate of drug-likeness (QED) is 0.725. The molecule has 4 heterocycles. The number of pyridine rings is 1. The van der Waals surface area contributed by atoms with Gasteiger partial charge in [0.25, 0.3) is 0 Å². The van der Waals surface area contributed by atoms with Crippen LogP contribution in [0, 0.1) is 0 Å². The van der Waals surface area contributed by atoms with E-state index in [1.807, 2.05) is 6.20 Å². The summed E-state index contributed by atoms with van der Waals surface area (Å²) in [5.41, 5.74) is 1.46. The van der Waals surface area contributed by atoms with Crippen LogP contribution in [0.25, 0.3) is 5.65 Å². The molecule has 1 fully saturated rings. The molecule has 1 aliphatic heterocycles. The Morgan fingerprint density at radius 2 is 2.16 bits per heavy atom. The Kier molecular flexibility index (Phi) is 5.50. The highest BCUT2D eigenvalue weighted by Crippen LogP contribution is 2.23. The van der Waals surface area contributed by atoms with Crippen LogP contribution in [0.3, 0.4) is 0 Å². The van der Waals surface area contributed by atoms with E-state index in [9.17, 15) is 0 Å². The maximum absolute atomic E-state index is 6.17. The highest BCUT2D eigenvalue weighted by molar-refractivity contribution is 6.36. The number of hydrogen-bond acceptors (Lipinski definition) is 6. The molecule has 4 rings (SSSR count). The minimum absolute atomic E-state index is 0. The zero-order chi connectivity index (χ0) is 16.7. The molecule has 1 N–H and O–H groups in total. The molecule has 1 saturated heterocycles. The molecule has 0 bridgehead atoms. The molecule has 0 saturated carbocycles. The van der Waals surface area contributed by atoms with Gasteiger partial charge < -0.3 is 14.2 Å². The second-order valence-corrected chi connectivity index (χ2v) is 6.74. The average Bonchev–Trinajstić information content (AvgIpc) is 3.15. The zero-order valence-corrected chi connectivity index (χ0v) is 15.8. The normalized spacial score (nSPS) is 18.4. The minimum atomic E-state index is 0. The van der Waals surface area contributed by atoms with Crippen LogP contribution in [0.15, 0.2) is 23.0 Å². The van der Waals surface area contributed by atoms with Crippen molar-refractivity contribution in [3.8, 4) is 0 Å². The van der Waals surface area contributed by atoms with E-state index in [0.717, 1.165) is 25.3 Å². The lowest BCUT2D eigenvalue weighted by Crippen LogP contribution is -2.44. The zero-order valence-electron chi connectivity index (χ0n) is 13.4. The van der Waals surface area contributed by atoms with Crippen LogP contribution in [0.4, 0.5) is 0 Å². The summed E-state index contributed by atoms with van der Waals surface area (Å²) in [5.74, 6) is 1.24. The van der Waals surface area contributed by atoms with Crippen molar-refractivity contribution in [2.24, 2.45) is 0 Å². The molecule has 3 aromatic heterocycles. The van der Waals surface area contributed by atoms with Gasteiger partial charge in [0.05, 0.1) is 28.2 Å². The summed E-state index contributed by atoms with van der Waals surface area (Å²) in [4.78, 5) is 11.2. The summed E-state index contributed by atoms with van der Waals surface area (Å²) in [5, 5.41) is 8.54. The number of rotatable bonds is 3. The van der Waals surface area contributed by atoms with E-state index < -0.39 is 0 Å². The molecule has 0 aliphatic carbocycles. The summed E-state index contributed by atoms with van der Waals surface area (Å²) in [6, 6.07) is 1.80. The lowest BCUT2D eigenvalue weighted by Gasteiger charge is -2.30. The van der Waals surface area contributed by atoms with Crippen LogP contribution in [0.1, 0.15) is 23.5 Å². The Morgan fingerprint density at radius 1 is 1.32 bits per heavy atom. The summed E-state index contributed by atoms with van der Waals surface area (Å²) in [6.45, 7) is 2.75. The number of hydrogen-bond donors (Lipinski definition) is 1. The Morgan fingerprint density at radius 3 is 2.96 bits per heavy atom. The van der Waals surface area contributed by atoms with Gasteiger partial charge >= 0.3 is 0 Å². The van der Waals surface area contributed by atoms with Crippen molar-refractivity contribution in [2.45, 2.75) is 12.5 Å². The van der Waals surface area contributed by atoms with Crippen LogP contribution in [0.2, 0.25) is 10.0 Å². The molecule has 1 unspecified atom stereocenters. The summed E-state index contributed by atoms with van der Waals surface area (Å²) >= 11 is 12.2. The fourth-order valence-corrected chi connectivity index (χ4v) is 3.41. The molecule has 134 valence electrons. The van der Waals surface area contributed by atoms with Crippen molar-refractivity contribution in [1.29, 1.82) is 0 Å². The molecule has 0 aromatic carbocycles. The van der Waals surface area contributed by atoms with E-state index in [-0.39, 0.29) is 18.4 Å². The maximum atomic E-state index is 6.17. The highest BCUT2D eigenvalue weighted by atomic mass is 35.5. The van der Waals surface area contributed by atoms with Crippen molar-refractivity contribution in [1.82, 2.24) is 29.7 Å². The number of imidazole rings is 1. The van der Waals surface area contributed by atoms with Crippen molar-refractivity contribution in [2.75, 3.05) is 26.7 Å². The third-order valence-electron chi connectivity index (χ3n) is 4.15. The predicted molar refractivity (Wildman–Crippen MR) is 97.8 cm³/mol. The first kappa shape index (κ1) is 18.4. The van der Waals surface area contributed by atoms with Gasteiger partial charge in [-0.3, -0.25) is 4.90 Å². The molecular formula is C15H17Cl3N6O.